The van der Waals surface area contributed by atoms with Crippen LogP contribution in [0.2, 0.25) is 5.15 Å². The molecule has 0 radical (unpaired) electrons. The van der Waals surface area contributed by atoms with E-state index >= 15 is 0 Å². The quantitative estimate of drug-likeness (QED) is 0.691. The molecule has 2 N–H and O–H groups in total. The normalized spacial score (nSPS) is 10.7. The minimum atomic E-state index is 0.0998. The largest absolute Gasteiger partial charge is 0.368 e. The predicted octanol–water partition coefficient (Wildman–Crippen LogP) is 2.14. The molecule has 6 nitrogen and oxygen atoms in total. The second-order valence-electron chi connectivity index (χ2n) is 4.23. The molecule has 0 atom stereocenters. The van der Waals surface area contributed by atoms with Crippen molar-refractivity contribution in [2.45, 2.75) is 0 Å². The monoisotopic (exact) mass is 284 g/mol. The number of aryl methyl sites for hydroxylation is 1. The standard InChI is InChI=1S/C13H9ClN6/c1-20-11(8-4-2-3-7(5-8)6-15)17-9-10(14)18-13(16)19-12(9)20/h2-5H,1H3,(H2,16,18,19). The maximum atomic E-state index is 8.96. The molecule has 0 saturated heterocycles. The molecule has 0 bridgehead atoms. The maximum absolute atomic E-state index is 8.96. The molecule has 2 heterocycles. The molecule has 0 saturated carbocycles. The van der Waals surface area contributed by atoms with Gasteiger partial charge in [0.05, 0.1) is 11.6 Å². The highest BCUT2D eigenvalue weighted by molar-refractivity contribution is 6.33. The van der Waals surface area contributed by atoms with Crippen molar-refractivity contribution in [3.8, 4) is 17.5 Å². The zero-order valence-corrected chi connectivity index (χ0v) is 11.3. The van der Waals surface area contributed by atoms with E-state index < -0.39 is 0 Å². The van der Waals surface area contributed by atoms with Crippen LogP contribution in [0.25, 0.3) is 22.6 Å². The van der Waals surface area contributed by atoms with Crippen LogP contribution in [-0.4, -0.2) is 19.5 Å². The summed E-state index contributed by atoms with van der Waals surface area (Å²) in [7, 11) is 1.81. The Hall–Kier alpha value is -2.65. The fourth-order valence-corrected chi connectivity index (χ4v) is 2.24. The summed E-state index contributed by atoms with van der Waals surface area (Å²) in [4.78, 5) is 12.5. The van der Waals surface area contributed by atoms with E-state index in [1.54, 1.807) is 22.8 Å². The van der Waals surface area contributed by atoms with Crippen LogP contribution in [0.3, 0.4) is 0 Å². The van der Waals surface area contributed by atoms with Gasteiger partial charge in [-0.15, -0.1) is 0 Å². The summed E-state index contributed by atoms with van der Waals surface area (Å²) in [6.45, 7) is 0. The molecule has 0 aliphatic heterocycles. The van der Waals surface area contributed by atoms with Crippen molar-refractivity contribution in [1.82, 2.24) is 19.5 Å². The average molecular weight is 285 g/mol. The van der Waals surface area contributed by atoms with Gasteiger partial charge in [-0.2, -0.15) is 15.2 Å². The minimum Gasteiger partial charge on any atom is -0.368 e. The van der Waals surface area contributed by atoms with E-state index in [9.17, 15) is 0 Å². The lowest BCUT2D eigenvalue weighted by atomic mass is 10.1. The Kier molecular flexibility index (Phi) is 2.77. The topological polar surface area (TPSA) is 93.4 Å². The molecule has 1 aromatic carbocycles. The fraction of sp³-hybridized carbons (Fsp3) is 0.0769. The van der Waals surface area contributed by atoms with Crippen molar-refractivity contribution in [2.75, 3.05) is 5.73 Å². The van der Waals surface area contributed by atoms with Crippen molar-refractivity contribution in [3.05, 3.63) is 35.0 Å². The minimum absolute atomic E-state index is 0.0998. The Bertz CT molecular complexity index is 861. The molecule has 20 heavy (non-hydrogen) atoms. The molecule has 7 heteroatoms. The van der Waals surface area contributed by atoms with E-state index in [2.05, 4.69) is 21.0 Å². The van der Waals surface area contributed by atoms with E-state index in [1.165, 1.54) is 0 Å². The lowest BCUT2D eigenvalue weighted by molar-refractivity contribution is 0.940. The third kappa shape index (κ3) is 1.85. The highest BCUT2D eigenvalue weighted by Crippen LogP contribution is 2.26. The zero-order chi connectivity index (χ0) is 14.3. The summed E-state index contributed by atoms with van der Waals surface area (Å²) in [6.07, 6.45) is 0. The molecule has 3 rings (SSSR count). The number of hydrogen-bond donors (Lipinski definition) is 1. The number of fused-ring (bicyclic) bond motifs is 1. The van der Waals surface area contributed by atoms with E-state index in [4.69, 9.17) is 22.6 Å². The van der Waals surface area contributed by atoms with Crippen LogP contribution >= 0.6 is 11.6 Å². The molecule has 98 valence electrons. The number of imidazole rings is 1. The van der Waals surface area contributed by atoms with Crippen molar-refractivity contribution in [2.24, 2.45) is 7.05 Å². The van der Waals surface area contributed by atoms with Gasteiger partial charge in [-0.25, -0.2) is 4.98 Å². The molecule has 0 aliphatic rings. The van der Waals surface area contributed by atoms with Crippen LogP contribution in [0.5, 0.6) is 0 Å². The molecular weight excluding hydrogens is 276 g/mol. The number of anilines is 1. The van der Waals surface area contributed by atoms with Gasteiger partial charge in [-0.1, -0.05) is 23.7 Å². The Labute approximate surface area is 119 Å². The Morgan fingerprint density at radius 2 is 2.10 bits per heavy atom. The number of benzene rings is 1. The first-order valence-corrected chi connectivity index (χ1v) is 6.14. The van der Waals surface area contributed by atoms with Crippen LogP contribution in [0.15, 0.2) is 24.3 Å². The summed E-state index contributed by atoms with van der Waals surface area (Å²) >= 11 is 6.03. The lowest BCUT2D eigenvalue weighted by Crippen LogP contribution is -1.98. The third-order valence-corrected chi connectivity index (χ3v) is 3.21. The fourth-order valence-electron chi connectivity index (χ4n) is 2.03. The number of aromatic nitrogens is 4. The van der Waals surface area contributed by atoms with Crippen molar-refractivity contribution in [3.63, 3.8) is 0 Å². The number of nitrogens with zero attached hydrogens (tertiary/aromatic N) is 5. The summed E-state index contributed by atoms with van der Waals surface area (Å²) in [5.41, 5.74) is 8.00. The second kappa shape index (κ2) is 4.47. The van der Waals surface area contributed by atoms with Crippen LogP contribution in [0.1, 0.15) is 5.56 Å². The van der Waals surface area contributed by atoms with Crippen molar-refractivity contribution in [1.29, 1.82) is 5.26 Å². The van der Waals surface area contributed by atoms with E-state index in [0.717, 1.165) is 5.56 Å². The first kappa shape index (κ1) is 12.4. The van der Waals surface area contributed by atoms with E-state index in [1.807, 2.05) is 13.1 Å². The molecule has 2 aromatic heterocycles. The number of rotatable bonds is 1. The van der Waals surface area contributed by atoms with Gasteiger partial charge in [0.2, 0.25) is 5.95 Å². The number of halogens is 1. The summed E-state index contributed by atoms with van der Waals surface area (Å²) in [5.74, 6) is 0.752. The Morgan fingerprint density at radius 1 is 1.30 bits per heavy atom. The van der Waals surface area contributed by atoms with Gasteiger partial charge in [-0.3, -0.25) is 0 Å². The molecule has 0 spiro atoms. The zero-order valence-electron chi connectivity index (χ0n) is 10.5. The molecule has 0 aliphatic carbocycles. The molecule has 0 unspecified atom stereocenters. The first-order chi connectivity index (χ1) is 9.60. The smallest absolute Gasteiger partial charge is 0.223 e. The predicted molar refractivity (Wildman–Crippen MR) is 75.9 cm³/mol. The average Bonchev–Trinajstić information content (AvgIpc) is 2.77. The molecular formula is C13H9ClN6. The van der Waals surface area contributed by atoms with Gasteiger partial charge in [0.15, 0.2) is 10.8 Å². The number of nitriles is 1. The van der Waals surface area contributed by atoms with Gasteiger partial charge in [0.25, 0.3) is 0 Å². The summed E-state index contributed by atoms with van der Waals surface area (Å²) in [6, 6.07) is 9.26. The Morgan fingerprint density at radius 3 is 2.85 bits per heavy atom. The molecule has 0 amide bonds. The number of hydrogen-bond acceptors (Lipinski definition) is 5. The molecule has 0 fully saturated rings. The maximum Gasteiger partial charge on any atom is 0.223 e. The van der Waals surface area contributed by atoms with Gasteiger partial charge in [-0.05, 0) is 12.1 Å². The summed E-state index contributed by atoms with van der Waals surface area (Å²) < 4.78 is 1.77. The van der Waals surface area contributed by atoms with Crippen LogP contribution in [-0.2, 0) is 7.05 Å². The highest BCUT2D eigenvalue weighted by Gasteiger charge is 2.15. The van der Waals surface area contributed by atoms with Gasteiger partial charge in [0.1, 0.15) is 11.3 Å². The first-order valence-electron chi connectivity index (χ1n) is 5.76. The van der Waals surface area contributed by atoms with Gasteiger partial charge < -0.3 is 10.3 Å². The van der Waals surface area contributed by atoms with Gasteiger partial charge in [0, 0.05) is 12.6 Å². The summed E-state index contributed by atoms with van der Waals surface area (Å²) in [5, 5.41) is 9.18. The number of nitrogens with two attached hydrogens (primary N) is 1. The van der Waals surface area contributed by atoms with Crippen LogP contribution in [0, 0.1) is 11.3 Å². The van der Waals surface area contributed by atoms with Crippen LogP contribution in [0.4, 0.5) is 5.95 Å². The molecule has 3 aromatic rings. The van der Waals surface area contributed by atoms with Crippen molar-refractivity contribution >= 4 is 28.7 Å². The van der Waals surface area contributed by atoms with Crippen molar-refractivity contribution < 1.29 is 0 Å². The van der Waals surface area contributed by atoms with E-state index in [0.29, 0.717) is 22.6 Å². The lowest BCUT2D eigenvalue weighted by Gasteiger charge is -2.02. The van der Waals surface area contributed by atoms with Gasteiger partial charge >= 0.3 is 0 Å². The van der Waals surface area contributed by atoms with E-state index in [-0.39, 0.29) is 11.1 Å². The Balaban J connectivity index is 2.29. The van der Waals surface area contributed by atoms with Crippen LogP contribution < -0.4 is 5.73 Å². The number of nitrogen functional groups attached to an aromatic ring is 1. The second-order valence-corrected chi connectivity index (χ2v) is 4.59. The SMILES string of the molecule is Cn1c(-c2cccc(C#N)c2)nc2c(Cl)nc(N)nc21. The highest BCUT2D eigenvalue weighted by atomic mass is 35.5. The third-order valence-electron chi connectivity index (χ3n) is 2.94.